The van der Waals surface area contributed by atoms with E-state index in [1.165, 1.54) is 0 Å². The Morgan fingerprint density at radius 1 is 1.03 bits per heavy atom. The van der Waals surface area contributed by atoms with E-state index in [1.807, 2.05) is 19.5 Å². The number of piperazine rings is 1. The summed E-state index contributed by atoms with van der Waals surface area (Å²) in [5.41, 5.74) is 2.02. The molecule has 3 aromatic rings. The highest BCUT2D eigenvalue weighted by Gasteiger charge is 2.24. The van der Waals surface area contributed by atoms with Crippen LogP contribution in [0.3, 0.4) is 0 Å². The van der Waals surface area contributed by atoms with Gasteiger partial charge in [0.1, 0.15) is 18.0 Å². The Hall–Kier alpha value is -2.46. The molecule has 0 radical (unpaired) electrons. The van der Waals surface area contributed by atoms with Crippen LogP contribution in [0.5, 0.6) is 0 Å². The van der Waals surface area contributed by atoms with E-state index in [0.717, 1.165) is 85.8 Å². The van der Waals surface area contributed by atoms with Gasteiger partial charge in [-0.25, -0.2) is 19.9 Å². The lowest BCUT2D eigenvalue weighted by Gasteiger charge is -2.36. The third kappa shape index (κ3) is 3.69. The van der Waals surface area contributed by atoms with Crippen LogP contribution in [-0.4, -0.2) is 75.4 Å². The molecule has 0 bridgehead atoms. The first-order chi connectivity index (χ1) is 14.7. The van der Waals surface area contributed by atoms with Crippen LogP contribution in [0.2, 0.25) is 0 Å². The fraction of sp³-hybridized carbons (Fsp3) is 0.550. The van der Waals surface area contributed by atoms with Gasteiger partial charge in [-0.3, -0.25) is 4.68 Å². The number of hydrogen-bond acceptors (Lipinski definition) is 9. The molecule has 2 aliphatic rings. The van der Waals surface area contributed by atoms with Crippen molar-refractivity contribution in [2.45, 2.75) is 23.9 Å². The predicted octanol–water partition coefficient (Wildman–Crippen LogP) is 2.10. The van der Waals surface area contributed by atoms with Gasteiger partial charge in [0, 0.05) is 58.4 Å². The topological polar surface area (TPSA) is 85.1 Å². The third-order valence-corrected chi connectivity index (χ3v) is 6.49. The highest BCUT2D eigenvalue weighted by molar-refractivity contribution is 7.98. The van der Waals surface area contributed by atoms with Gasteiger partial charge in [-0.05, 0) is 19.1 Å². The molecule has 30 heavy (non-hydrogen) atoms. The number of nitrogens with zero attached hydrogens (tertiary/aromatic N) is 8. The standard InChI is InChI=1S/C20H26N8OS/c1-26-18-15(12-23-26)19(22-13-21-18)28-7-5-27(6-8-28)17-11-16(24-20(25-17)30-2)14-3-9-29-10-4-14/h11-14H,3-10H2,1-2H3. The van der Waals surface area contributed by atoms with Gasteiger partial charge in [0.2, 0.25) is 0 Å². The summed E-state index contributed by atoms with van der Waals surface area (Å²) >= 11 is 1.61. The van der Waals surface area contributed by atoms with Crippen molar-refractivity contribution in [3.8, 4) is 0 Å². The number of rotatable bonds is 4. The summed E-state index contributed by atoms with van der Waals surface area (Å²) in [6.07, 6.45) is 7.59. The predicted molar refractivity (Wildman–Crippen MR) is 117 cm³/mol. The van der Waals surface area contributed by atoms with Crippen molar-refractivity contribution in [1.29, 1.82) is 0 Å². The second-order valence-electron chi connectivity index (χ2n) is 7.70. The summed E-state index contributed by atoms with van der Waals surface area (Å²) in [7, 11) is 1.91. The SMILES string of the molecule is CSc1nc(C2CCOCC2)cc(N2CCN(c3ncnc4c3cnn4C)CC2)n1. The Balaban J connectivity index is 1.35. The molecule has 2 aliphatic heterocycles. The van der Waals surface area contributed by atoms with Crippen LogP contribution in [0.1, 0.15) is 24.5 Å². The minimum Gasteiger partial charge on any atom is -0.381 e. The molecule has 9 nitrogen and oxygen atoms in total. The van der Waals surface area contributed by atoms with Crippen molar-refractivity contribution in [1.82, 2.24) is 29.7 Å². The van der Waals surface area contributed by atoms with Gasteiger partial charge in [-0.1, -0.05) is 11.8 Å². The zero-order valence-corrected chi connectivity index (χ0v) is 18.2. The normalized spacial score (nSPS) is 18.3. The molecule has 158 valence electrons. The van der Waals surface area contributed by atoms with Gasteiger partial charge in [0.15, 0.2) is 10.8 Å². The number of thioether (sulfide) groups is 1. The number of aromatic nitrogens is 6. The van der Waals surface area contributed by atoms with Gasteiger partial charge < -0.3 is 14.5 Å². The summed E-state index contributed by atoms with van der Waals surface area (Å²) < 4.78 is 7.32. The number of ether oxygens (including phenoxy) is 1. The van der Waals surface area contributed by atoms with E-state index < -0.39 is 0 Å². The lowest BCUT2D eigenvalue weighted by molar-refractivity contribution is 0.0843. The number of anilines is 2. The minimum absolute atomic E-state index is 0.465. The average Bonchev–Trinajstić information content (AvgIpc) is 3.20. The van der Waals surface area contributed by atoms with Crippen LogP contribution in [0.15, 0.2) is 23.7 Å². The Morgan fingerprint density at radius 2 is 1.80 bits per heavy atom. The quantitative estimate of drug-likeness (QED) is 0.460. The van der Waals surface area contributed by atoms with Gasteiger partial charge in [0.05, 0.1) is 17.3 Å². The second-order valence-corrected chi connectivity index (χ2v) is 8.47. The molecule has 0 saturated carbocycles. The largest absolute Gasteiger partial charge is 0.381 e. The molecule has 5 heterocycles. The Morgan fingerprint density at radius 3 is 2.57 bits per heavy atom. The van der Waals surface area contributed by atoms with E-state index in [0.29, 0.717) is 5.92 Å². The van der Waals surface area contributed by atoms with E-state index >= 15 is 0 Å². The summed E-state index contributed by atoms with van der Waals surface area (Å²) in [5.74, 6) is 2.46. The van der Waals surface area contributed by atoms with E-state index in [-0.39, 0.29) is 0 Å². The maximum absolute atomic E-state index is 5.53. The molecule has 0 aromatic carbocycles. The maximum Gasteiger partial charge on any atom is 0.189 e. The number of fused-ring (bicyclic) bond motifs is 1. The lowest BCUT2D eigenvalue weighted by Crippen LogP contribution is -2.47. The Kier molecular flexibility index (Phi) is 5.43. The maximum atomic E-state index is 5.53. The van der Waals surface area contributed by atoms with Crippen LogP contribution < -0.4 is 9.80 Å². The molecule has 5 rings (SSSR count). The van der Waals surface area contributed by atoms with Crippen LogP contribution in [0.25, 0.3) is 11.0 Å². The fourth-order valence-electron chi connectivity index (χ4n) is 4.24. The smallest absolute Gasteiger partial charge is 0.189 e. The second kappa shape index (κ2) is 8.35. The minimum atomic E-state index is 0.465. The zero-order chi connectivity index (χ0) is 20.5. The van der Waals surface area contributed by atoms with Crippen LogP contribution in [-0.2, 0) is 11.8 Å². The Labute approximate surface area is 179 Å². The zero-order valence-electron chi connectivity index (χ0n) is 17.4. The third-order valence-electron chi connectivity index (χ3n) is 5.95. The van der Waals surface area contributed by atoms with E-state index in [4.69, 9.17) is 14.7 Å². The monoisotopic (exact) mass is 426 g/mol. The van der Waals surface area contributed by atoms with E-state index in [2.05, 4.69) is 30.9 Å². The molecular formula is C20H26N8OS. The first kappa shape index (κ1) is 19.5. The van der Waals surface area contributed by atoms with E-state index in [1.54, 1.807) is 22.8 Å². The van der Waals surface area contributed by atoms with Gasteiger partial charge >= 0.3 is 0 Å². The Bertz CT molecular complexity index is 1030. The van der Waals surface area contributed by atoms with Crippen molar-refractivity contribution in [3.05, 3.63) is 24.3 Å². The molecule has 0 atom stereocenters. The highest BCUT2D eigenvalue weighted by atomic mass is 32.2. The number of hydrogen-bond donors (Lipinski definition) is 0. The summed E-state index contributed by atoms with van der Waals surface area (Å²) in [5, 5.41) is 6.19. The van der Waals surface area contributed by atoms with Crippen molar-refractivity contribution in [2.24, 2.45) is 7.05 Å². The van der Waals surface area contributed by atoms with Crippen molar-refractivity contribution >= 4 is 34.4 Å². The molecule has 0 amide bonds. The highest BCUT2D eigenvalue weighted by Crippen LogP contribution is 2.30. The molecule has 10 heteroatoms. The van der Waals surface area contributed by atoms with Crippen molar-refractivity contribution in [3.63, 3.8) is 0 Å². The molecule has 0 N–H and O–H groups in total. The molecule has 2 fully saturated rings. The summed E-state index contributed by atoms with van der Waals surface area (Å²) in [6, 6.07) is 2.19. The van der Waals surface area contributed by atoms with Gasteiger partial charge in [0.25, 0.3) is 0 Å². The molecular weight excluding hydrogens is 400 g/mol. The van der Waals surface area contributed by atoms with Gasteiger partial charge in [-0.2, -0.15) is 5.10 Å². The first-order valence-electron chi connectivity index (χ1n) is 10.4. The van der Waals surface area contributed by atoms with Crippen LogP contribution >= 0.6 is 11.8 Å². The lowest BCUT2D eigenvalue weighted by atomic mass is 9.96. The van der Waals surface area contributed by atoms with E-state index in [9.17, 15) is 0 Å². The molecule has 0 spiro atoms. The van der Waals surface area contributed by atoms with Gasteiger partial charge in [-0.15, -0.1) is 0 Å². The molecule has 0 unspecified atom stereocenters. The summed E-state index contributed by atoms with van der Waals surface area (Å²) in [6.45, 7) is 5.18. The summed E-state index contributed by atoms with van der Waals surface area (Å²) in [4.78, 5) is 23.2. The number of aryl methyl sites for hydroxylation is 1. The van der Waals surface area contributed by atoms with Crippen LogP contribution in [0, 0.1) is 0 Å². The first-order valence-corrected chi connectivity index (χ1v) is 11.6. The average molecular weight is 427 g/mol. The molecule has 0 aliphatic carbocycles. The molecule has 2 saturated heterocycles. The molecule has 3 aromatic heterocycles. The fourth-order valence-corrected chi connectivity index (χ4v) is 4.62. The van der Waals surface area contributed by atoms with Crippen LogP contribution in [0.4, 0.5) is 11.6 Å². The van der Waals surface area contributed by atoms with Crippen molar-refractivity contribution in [2.75, 3.05) is 55.4 Å². The van der Waals surface area contributed by atoms with Crippen molar-refractivity contribution < 1.29 is 4.74 Å².